The number of rotatable bonds is 5. The van der Waals surface area contributed by atoms with Gasteiger partial charge in [0, 0.05) is 5.39 Å². The molecule has 148 valence electrons. The molecule has 1 atom stereocenters. The Kier molecular flexibility index (Phi) is 4.80. The third-order valence-electron chi connectivity index (χ3n) is 5.04. The summed E-state index contributed by atoms with van der Waals surface area (Å²) in [7, 11) is 1.60. The highest BCUT2D eigenvalue weighted by Crippen LogP contribution is 2.28. The number of ether oxygens (including phenoxy) is 1. The van der Waals surface area contributed by atoms with E-state index in [1.807, 2.05) is 62.4 Å². The lowest BCUT2D eigenvalue weighted by Crippen LogP contribution is -2.36. The van der Waals surface area contributed by atoms with Crippen LogP contribution in [0, 0.1) is 6.92 Å². The van der Waals surface area contributed by atoms with Crippen molar-refractivity contribution in [2.24, 2.45) is 0 Å². The summed E-state index contributed by atoms with van der Waals surface area (Å²) < 4.78 is 8.41. The molecule has 2 heterocycles. The quantitative estimate of drug-likeness (QED) is 0.568. The number of methoxy groups -OCH3 is 1. The molecule has 2 aromatic carbocycles. The Bertz CT molecular complexity index is 1260. The second-order valence-electron chi connectivity index (χ2n) is 6.97. The van der Waals surface area contributed by atoms with E-state index >= 15 is 0 Å². The van der Waals surface area contributed by atoms with Crippen LogP contribution in [-0.4, -0.2) is 27.2 Å². The van der Waals surface area contributed by atoms with Crippen LogP contribution in [0.2, 0.25) is 0 Å². The molecule has 0 fully saturated rings. The number of amides is 1. The first-order chi connectivity index (χ1) is 14.0. The maximum atomic E-state index is 13.0. The number of carbonyl (C=O) groups excluding carboxylic acids is 1. The Labute approximate surface area is 167 Å². The third kappa shape index (κ3) is 3.35. The van der Waals surface area contributed by atoms with Crippen molar-refractivity contribution < 1.29 is 9.53 Å². The molecule has 29 heavy (non-hydrogen) atoms. The average molecular weight is 390 g/mol. The summed E-state index contributed by atoms with van der Waals surface area (Å²) in [4.78, 5) is 25.5. The molecular weight excluding hydrogens is 368 g/mol. The van der Waals surface area contributed by atoms with Crippen LogP contribution >= 0.6 is 0 Å². The number of aryl methyl sites for hydroxylation is 1. The molecule has 4 aromatic rings. The summed E-state index contributed by atoms with van der Waals surface area (Å²) in [6.07, 6.45) is 0. The molecule has 1 amide bonds. The zero-order valence-corrected chi connectivity index (χ0v) is 16.5. The maximum absolute atomic E-state index is 13.0. The van der Waals surface area contributed by atoms with Gasteiger partial charge in [0.25, 0.3) is 5.56 Å². The summed E-state index contributed by atoms with van der Waals surface area (Å²) in [6, 6.07) is 16.9. The predicted octanol–water partition coefficient (Wildman–Crippen LogP) is 2.84. The standard InChI is InChI=1S/C22H22N4O3/c1-14(16-8-5-4-6-9-16)23-21(27)13-25-22(28)19-12-17-18(26(19)15(2)24-25)10-7-11-20(17)29-3/h4-12,14H,13H2,1-3H3,(H,23,27)/t14-/m1/s1. The number of fused-ring (bicyclic) bond motifs is 3. The zero-order valence-electron chi connectivity index (χ0n) is 16.5. The lowest BCUT2D eigenvalue weighted by molar-refractivity contribution is -0.122. The van der Waals surface area contributed by atoms with Crippen LogP contribution in [0.3, 0.4) is 0 Å². The normalized spacial score (nSPS) is 12.2. The Morgan fingerprint density at radius 3 is 2.62 bits per heavy atom. The number of hydrogen-bond acceptors (Lipinski definition) is 4. The number of benzene rings is 2. The first-order valence-electron chi connectivity index (χ1n) is 9.40. The minimum Gasteiger partial charge on any atom is -0.496 e. The Morgan fingerprint density at radius 2 is 1.90 bits per heavy atom. The molecule has 0 unspecified atom stereocenters. The third-order valence-corrected chi connectivity index (χ3v) is 5.04. The number of hydrogen-bond donors (Lipinski definition) is 1. The molecule has 0 aliphatic heterocycles. The van der Waals surface area contributed by atoms with Gasteiger partial charge in [-0.3, -0.25) is 14.0 Å². The van der Waals surface area contributed by atoms with Crippen LogP contribution in [-0.2, 0) is 11.3 Å². The Balaban J connectivity index is 1.68. The zero-order chi connectivity index (χ0) is 20.5. The van der Waals surface area contributed by atoms with Gasteiger partial charge in [-0.1, -0.05) is 36.4 Å². The van der Waals surface area contributed by atoms with Crippen molar-refractivity contribution in [3.63, 3.8) is 0 Å². The molecule has 2 aromatic heterocycles. The highest BCUT2D eigenvalue weighted by atomic mass is 16.5. The summed E-state index contributed by atoms with van der Waals surface area (Å²) in [5.74, 6) is 1.03. The van der Waals surface area contributed by atoms with Crippen molar-refractivity contribution in [2.45, 2.75) is 26.4 Å². The van der Waals surface area contributed by atoms with Crippen molar-refractivity contribution >= 4 is 22.3 Å². The van der Waals surface area contributed by atoms with E-state index in [0.29, 0.717) is 17.1 Å². The van der Waals surface area contributed by atoms with E-state index in [0.717, 1.165) is 16.5 Å². The van der Waals surface area contributed by atoms with Gasteiger partial charge in [-0.25, -0.2) is 4.68 Å². The van der Waals surface area contributed by atoms with Gasteiger partial charge in [0.2, 0.25) is 5.91 Å². The molecule has 4 rings (SSSR count). The van der Waals surface area contributed by atoms with E-state index < -0.39 is 0 Å². The van der Waals surface area contributed by atoms with Crippen molar-refractivity contribution in [3.05, 3.63) is 76.3 Å². The monoisotopic (exact) mass is 390 g/mol. The van der Waals surface area contributed by atoms with Crippen LogP contribution in [0.15, 0.2) is 59.4 Å². The number of aromatic nitrogens is 3. The van der Waals surface area contributed by atoms with Crippen LogP contribution in [0.25, 0.3) is 16.4 Å². The first-order valence-corrected chi connectivity index (χ1v) is 9.40. The van der Waals surface area contributed by atoms with Crippen molar-refractivity contribution in [2.75, 3.05) is 7.11 Å². The summed E-state index contributed by atoms with van der Waals surface area (Å²) >= 11 is 0. The molecule has 0 bridgehead atoms. The van der Waals surface area contributed by atoms with E-state index in [9.17, 15) is 9.59 Å². The van der Waals surface area contributed by atoms with Crippen LogP contribution in [0.5, 0.6) is 5.75 Å². The second kappa shape index (κ2) is 7.43. The van der Waals surface area contributed by atoms with Crippen molar-refractivity contribution in [1.82, 2.24) is 19.5 Å². The fourth-order valence-electron chi connectivity index (χ4n) is 3.64. The second-order valence-corrected chi connectivity index (χ2v) is 6.97. The van der Waals surface area contributed by atoms with E-state index in [2.05, 4.69) is 10.4 Å². The van der Waals surface area contributed by atoms with Gasteiger partial charge >= 0.3 is 0 Å². The molecule has 7 heteroatoms. The van der Waals surface area contributed by atoms with Gasteiger partial charge in [-0.2, -0.15) is 5.10 Å². The molecule has 0 aliphatic carbocycles. The molecule has 0 radical (unpaired) electrons. The Morgan fingerprint density at radius 1 is 1.14 bits per heavy atom. The van der Waals surface area contributed by atoms with E-state index in [-0.39, 0.29) is 24.1 Å². The lowest BCUT2D eigenvalue weighted by Gasteiger charge is -2.15. The van der Waals surface area contributed by atoms with Gasteiger partial charge in [0.15, 0.2) is 0 Å². The van der Waals surface area contributed by atoms with E-state index in [1.165, 1.54) is 4.68 Å². The molecule has 0 saturated carbocycles. The van der Waals surface area contributed by atoms with Crippen LogP contribution in [0.1, 0.15) is 24.4 Å². The summed E-state index contributed by atoms with van der Waals surface area (Å²) in [5.41, 5.74) is 1.98. The number of nitrogens with zero attached hydrogens (tertiary/aromatic N) is 3. The molecule has 7 nitrogen and oxygen atoms in total. The van der Waals surface area contributed by atoms with Crippen molar-refractivity contribution in [3.8, 4) is 5.75 Å². The lowest BCUT2D eigenvalue weighted by atomic mass is 10.1. The van der Waals surface area contributed by atoms with Gasteiger partial charge < -0.3 is 10.1 Å². The first kappa shape index (κ1) is 18.7. The van der Waals surface area contributed by atoms with E-state index in [1.54, 1.807) is 17.6 Å². The smallest absolute Gasteiger partial charge is 0.291 e. The van der Waals surface area contributed by atoms with Gasteiger partial charge in [-0.05, 0) is 37.6 Å². The molecule has 0 spiro atoms. The number of carbonyl (C=O) groups is 1. The predicted molar refractivity (Wildman–Crippen MR) is 111 cm³/mol. The highest BCUT2D eigenvalue weighted by Gasteiger charge is 2.17. The fraction of sp³-hybridized carbons (Fsp3) is 0.227. The van der Waals surface area contributed by atoms with Crippen molar-refractivity contribution in [1.29, 1.82) is 0 Å². The molecule has 1 N–H and O–H groups in total. The Hall–Kier alpha value is -3.61. The van der Waals surface area contributed by atoms with E-state index in [4.69, 9.17) is 4.74 Å². The van der Waals surface area contributed by atoms with Crippen LogP contribution in [0.4, 0.5) is 0 Å². The fourth-order valence-corrected chi connectivity index (χ4v) is 3.64. The van der Waals surface area contributed by atoms with Gasteiger partial charge in [-0.15, -0.1) is 0 Å². The van der Waals surface area contributed by atoms with Crippen LogP contribution < -0.4 is 15.6 Å². The topological polar surface area (TPSA) is 77.6 Å². The number of nitrogens with one attached hydrogen (secondary N) is 1. The van der Waals surface area contributed by atoms with Gasteiger partial charge in [0.05, 0.1) is 18.7 Å². The van der Waals surface area contributed by atoms with Gasteiger partial charge in [0.1, 0.15) is 23.6 Å². The highest BCUT2D eigenvalue weighted by molar-refractivity contribution is 5.92. The minimum absolute atomic E-state index is 0.147. The minimum atomic E-state index is -0.323. The molecule has 0 saturated heterocycles. The largest absolute Gasteiger partial charge is 0.496 e. The average Bonchev–Trinajstić information content (AvgIpc) is 3.13. The molecule has 0 aliphatic rings. The summed E-state index contributed by atoms with van der Waals surface area (Å²) in [5, 5.41) is 8.11. The maximum Gasteiger partial charge on any atom is 0.291 e. The SMILES string of the molecule is COc1cccc2c1cc1c(=O)n(CC(=O)N[C@H](C)c3ccccc3)nc(C)n12. The summed E-state index contributed by atoms with van der Waals surface area (Å²) in [6.45, 7) is 3.57. The molecular formula is C22H22N4O3.